The van der Waals surface area contributed by atoms with E-state index in [9.17, 15) is 9.90 Å². The number of allylic oxidation sites excluding steroid dienone is 2. The molecule has 1 N–H and O–H groups in total. The lowest BCUT2D eigenvalue weighted by atomic mass is 9.88. The van der Waals surface area contributed by atoms with Crippen LogP contribution < -0.4 is 0 Å². The maximum atomic E-state index is 11.8. The molecule has 0 aromatic heterocycles. The molecule has 2 aromatic rings. The van der Waals surface area contributed by atoms with E-state index < -0.39 is 0 Å². The van der Waals surface area contributed by atoms with Crippen LogP contribution in [0.1, 0.15) is 22.8 Å². The van der Waals surface area contributed by atoms with E-state index in [1.807, 2.05) is 19.1 Å². The van der Waals surface area contributed by atoms with E-state index in [4.69, 9.17) is 0 Å². The lowest BCUT2D eigenvalue weighted by Gasteiger charge is -2.16. The molecule has 78 valence electrons. The molecule has 1 aliphatic rings. The Morgan fingerprint density at radius 1 is 1.06 bits per heavy atom. The number of carbonyl (C=O) groups excluding carboxylic acids is 1. The largest absolute Gasteiger partial charge is 0.507 e. The van der Waals surface area contributed by atoms with Crippen molar-refractivity contribution in [3.05, 3.63) is 47.5 Å². The van der Waals surface area contributed by atoms with Crippen LogP contribution in [0.15, 0.2) is 36.4 Å². The minimum Gasteiger partial charge on any atom is -0.507 e. The first-order valence-corrected chi connectivity index (χ1v) is 5.16. The first-order valence-electron chi connectivity index (χ1n) is 5.16. The molecule has 2 aromatic carbocycles. The summed E-state index contributed by atoms with van der Waals surface area (Å²) >= 11 is 0. The summed E-state index contributed by atoms with van der Waals surface area (Å²) in [5.41, 5.74) is 2.66. The van der Waals surface area contributed by atoms with Crippen LogP contribution in [-0.2, 0) is 0 Å². The summed E-state index contributed by atoms with van der Waals surface area (Å²) in [6.07, 6.45) is 1.65. The molecule has 2 heteroatoms. The second-order valence-electron chi connectivity index (χ2n) is 4.05. The molecular weight excluding hydrogens is 200 g/mol. The molecule has 1 aliphatic carbocycles. The second kappa shape index (κ2) is 2.95. The van der Waals surface area contributed by atoms with Crippen LogP contribution in [0.2, 0.25) is 0 Å². The maximum Gasteiger partial charge on any atom is 0.186 e. The van der Waals surface area contributed by atoms with Gasteiger partial charge in [0.15, 0.2) is 5.78 Å². The zero-order valence-electron chi connectivity index (χ0n) is 8.82. The highest BCUT2D eigenvalue weighted by atomic mass is 16.3. The smallest absolute Gasteiger partial charge is 0.186 e. The number of rotatable bonds is 0. The predicted octanol–water partition coefficient (Wildman–Crippen LogP) is 3.15. The Labute approximate surface area is 92.8 Å². The Morgan fingerprint density at radius 3 is 2.69 bits per heavy atom. The Kier molecular flexibility index (Phi) is 1.69. The summed E-state index contributed by atoms with van der Waals surface area (Å²) in [7, 11) is 0. The lowest BCUT2D eigenvalue weighted by Crippen LogP contribution is -2.03. The third kappa shape index (κ3) is 1.04. The number of hydrogen-bond donors (Lipinski definition) is 1. The summed E-state index contributed by atoms with van der Waals surface area (Å²) < 4.78 is 0. The van der Waals surface area contributed by atoms with Gasteiger partial charge in [0, 0.05) is 16.3 Å². The fourth-order valence-corrected chi connectivity index (χ4v) is 2.28. The molecule has 16 heavy (non-hydrogen) atoms. The third-order valence-corrected chi connectivity index (χ3v) is 3.06. The highest BCUT2D eigenvalue weighted by Crippen LogP contribution is 2.36. The SMILES string of the molecule is CC1=CC(=O)c2cccc3c(O)ccc1c23. The van der Waals surface area contributed by atoms with Gasteiger partial charge in [-0.2, -0.15) is 0 Å². The van der Waals surface area contributed by atoms with Crippen LogP contribution in [0, 0.1) is 0 Å². The Bertz CT molecular complexity index is 651. The minimum atomic E-state index is 0.0150. The minimum absolute atomic E-state index is 0.0150. The molecule has 0 aliphatic heterocycles. The fourth-order valence-electron chi connectivity index (χ4n) is 2.28. The number of ketones is 1. The Balaban J connectivity index is 2.58. The van der Waals surface area contributed by atoms with Gasteiger partial charge in [0.2, 0.25) is 0 Å². The van der Waals surface area contributed by atoms with Crippen LogP contribution in [0.3, 0.4) is 0 Å². The molecule has 3 rings (SSSR count). The Morgan fingerprint density at radius 2 is 1.88 bits per heavy atom. The molecule has 2 nitrogen and oxygen atoms in total. The summed E-state index contributed by atoms with van der Waals surface area (Å²) in [6.45, 7) is 1.92. The van der Waals surface area contributed by atoms with Gasteiger partial charge in [-0.15, -0.1) is 0 Å². The maximum absolute atomic E-state index is 11.8. The average molecular weight is 210 g/mol. The predicted molar refractivity (Wildman–Crippen MR) is 63.6 cm³/mol. The molecule has 0 radical (unpaired) electrons. The molecular formula is C14H10O2. The monoisotopic (exact) mass is 210 g/mol. The quantitative estimate of drug-likeness (QED) is 0.725. The van der Waals surface area contributed by atoms with Crippen molar-refractivity contribution < 1.29 is 9.90 Å². The molecule has 0 fully saturated rings. The van der Waals surface area contributed by atoms with Crippen molar-refractivity contribution in [1.29, 1.82) is 0 Å². The van der Waals surface area contributed by atoms with Gasteiger partial charge in [0.25, 0.3) is 0 Å². The molecule has 0 atom stereocenters. The molecule has 0 bridgehead atoms. The normalized spacial score (nSPS) is 14.1. The van der Waals surface area contributed by atoms with Crippen molar-refractivity contribution in [1.82, 2.24) is 0 Å². The summed E-state index contributed by atoms with van der Waals surface area (Å²) in [5, 5.41) is 11.4. The molecule has 0 saturated heterocycles. The fraction of sp³-hybridized carbons (Fsp3) is 0.0714. The number of phenolic OH excluding ortho intramolecular Hbond substituents is 1. The number of carbonyl (C=O) groups is 1. The zero-order valence-corrected chi connectivity index (χ0v) is 8.82. The third-order valence-electron chi connectivity index (χ3n) is 3.06. The summed E-state index contributed by atoms with van der Waals surface area (Å²) in [6, 6.07) is 8.97. The molecule has 0 spiro atoms. The van der Waals surface area contributed by atoms with Crippen LogP contribution in [0.25, 0.3) is 16.3 Å². The number of aromatic hydroxyl groups is 1. The highest BCUT2D eigenvalue weighted by molar-refractivity contribution is 6.22. The number of benzene rings is 2. The van der Waals surface area contributed by atoms with E-state index in [0.29, 0.717) is 5.56 Å². The highest BCUT2D eigenvalue weighted by Gasteiger charge is 2.18. The van der Waals surface area contributed by atoms with Gasteiger partial charge < -0.3 is 5.11 Å². The standard InChI is InChI=1S/C14H10O2/c1-8-7-13(16)11-4-2-3-10-12(15)6-5-9(8)14(10)11/h2-7,15H,1H3. The summed E-state index contributed by atoms with van der Waals surface area (Å²) in [5.74, 6) is 0.240. The van der Waals surface area contributed by atoms with Crippen molar-refractivity contribution in [3.63, 3.8) is 0 Å². The first kappa shape index (κ1) is 9.16. The van der Waals surface area contributed by atoms with Gasteiger partial charge >= 0.3 is 0 Å². The molecule has 0 heterocycles. The molecule has 0 unspecified atom stereocenters. The van der Waals surface area contributed by atoms with E-state index in [0.717, 1.165) is 21.9 Å². The number of hydrogen-bond acceptors (Lipinski definition) is 2. The van der Waals surface area contributed by atoms with Crippen LogP contribution >= 0.6 is 0 Å². The van der Waals surface area contributed by atoms with Gasteiger partial charge in [0.1, 0.15) is 5.75 Å². The summed E-state index contributed by atoms with van der Waals surface area (Å²) in [4.78, 5) is 11.8. The van der Waals surface area contributed by atoms with Gasteiger partial charge in [-0.25, -0.2) is 0 Å². The molecule has 0 amide bonds. The van der Waals surface area contributed by atoms with Gasteiger partial charge in [-0.05, 0) is 30.2 Å². The Hall–Kier alpha value is -2.09. The van der Waals surface area contributed by atoms with Crippen LogP contribution in [0.4, 0.5) is 0 Å². The number of phenols is 1. The van der Waals surface area contributed by atoms with Gasteiger partial charge in [0.05, 0.1) is 0 Å². The molecule has 0 saturated carbocycles. The van der Waals surface area contributed by atoms with E-state index in [1.165, 1.54) is 0 Å². The van der Waals surface area contributed by atoms with Crippen molar-refractivity contribution in [2.75, 3.05) is 0 Å². The van der Waals surface area contributed by atoms with E-state index in [1.54, 1.807) is 24.3 Å². The average Bonchev–Trinajstić information content (AvgIpc) is 2.27. The van der Waals surface area contributed by atoms with E-state index >= 15 is 0 Å². The zero-order chi connectivity index (χ0) is 11.3. The van der Waals surface area contributed by atoms with Gasteiger partial charge in [-0.3, -0.25) is 4.79 Å². The van der Waals surface area contributed by atoms with E-state index in [-0.39, 0.29) is 11.5 Å². The lowest BCUT2D eigenvalue weighted by molar-refractivity contribution is 0.104. The van der Waals surface area contributed by atoms with Crippen molar-refractivity contribution >= 4 is 22.1 Å². The van der Waals surface area contributed by atoms with Crippen molar-refractivity contribution in [2.45, 2.75) is 6.92 Å². The van der Waals surface area contributed by atoms with Crippen molar-refractivity contribution in [3.8, 4) is 5.75 Å². The second-order valence-corrected chi connectivity index (χ2v) is 4.05. The first-order chi connectivity index (χ1) is 7.68. The topological polar surface area (TPSA) is 37.3 Å². The van der Waals surface area contributed by atoms with Crippen LogP contribution in [0.5, 0.6) is 5.75 Å². The van der Waals surface area contributed by atoms with Crippen LogP contribution in [-0.4, -0.2) is 10.9 Å². The van der Waals surface area contributed by atoms with E-state index in [2.05, 4.69) is 0 Å². The van der Waals surface area contributed by atoms with Gasteiger partial charge in [-0.1, -0.05) is 24.3 Å². The van der Waals surface area contributed by atoms with Crippen molar-refractivity contribution in [2.24, 2.45) is 0 Å².